The Balaban J connectivity index is 4.30. The lowest BCUT2D eigenvalue weighted by atomic mass is 10.2. The minimum absolute atomic E-state index is 0.00454. The molecular formula is C9H17N3O. The van der Waals surface area contributed by atoms with E-state index >= 15 is 0 Å². The van der Waals surface area contributed by atoms with Crippen molar-refractivity contribution >= 4 is 5.91 Å². The SMILES string of the molecule is C=C(N)C(=O)N/C(=C/C(C)C)NC. The average Bonchev–Trinajstić information content (AvgIpc) is 2.02. The molecule has 0 rings (SSSR count). The fraction of sp³-hybridized carbons (Fsp3) is 0.444. The first-order valence-corrected chi connectivity index (χ1v) is 4.12. The molecule has 4 heteroatoms. The maximum absolute atomic E-state index is 11.1. The molecule has 0 bridgehead atoms. The van der Waals surface area contributed by atoms with Crippen LogP contribution in [0.25, 0.3) is 0 Å². The molecule has 13 heavy (non-hydrogen) atoms. The van der Waals surface area contributed by atoms with Crippen molar-refractivity contribution in [3.63, 3.8) is 0 Å². The second kappa shape index (κ2) is 5.24. The van der Waals surface area contributed by atoms with Gasteiger partial charge in [-0.3, -0.25) is 4.79 Å². The number of nitrogens with one attached hydrogen (secondary N) is 2. The van der Waals surface area contributed by atoms with Crippen LogP contribution in [-0.4, -0.2) is 13.0 Å². The van der Waals surface area contributed by atoms with Crippen LogP contribution in [0, 0.1) is 5.92 Å². The quantitative estimate of drug-likeness (QED) is 0.549. The van der Waals surface area contributed by atoms with E-state index in [-0.39, 0.29) is 11.6 Å². The standard InChI is InChI=1S/C9H17N3O/c1-6(2)5-8(11-4)12-9(13)7(3)10/h5-6,11H,3,10H2,1-2,4H3,(H,12,13)/b8-5+. The van der Waals surface area contributed by atoms with Crippen LogP contribution in [0.2, 0.25) is 0 Å². The van der Waals surface area contributed by atoms with Crippen molar-refractivity contribution in [2.45, 2.75) is 13.8 Å². The largest absolute Gasteiger partial charge is 0.395 e. The fourth-order valence-corrected chi connectivity index (χ4v) is 0.723. The van der Waals surface area contributed by atoms with E-state index in [0.717, 1.165) is 0 Å². The molecule has 0 radical (unpaired) electrons. The van der Waals surface area contributed by atoms with Crippen LogP contribution in [0.4, 0.5) is 0 Å². The number of carbonyl (C=O) groups excluding carboxylic acids is 1. The van der Waals surface area contributed by atoms with Crippen molar-refractivity contribution < 1.29 is 4.79 Å². The normalized spacial score (nSPS) is 11.2. The van der Waals surface area contributed by atoms with E-state index in [1.807, 2.05) is 19.9 Å². The van der Waals surface area contributed by atoms with Crippen molar-refractivity contribution in [1.82, 2.24) is 10.6 Å². The molecule has 0 heterocycles. The fourth-order valence-electron chi connectivity index (χ4n) is 0.723. The van der Waals surface area contributed by atoms with Crippen LogP contribution < -0.4 is 16.4 Å². The summed E-state index contributed by atoms with van der Waals surface area (Å²) < 4.78 is 0. The highest BCUT2D eigenvalue weighted by atomic mass is 16.2. The third kappa shape index (κ3) is 4.90. The van der Waals surface area contributed by atoms with Crippen molar-refractivity contribution in [2.24, 2.45) is 11.7 Å². The molecule has 0 saturated carbocycles. The first kappa shape index (κ1) is 11.6. The van der Waals surface area contributed by atoms with Crippen LogP contribution >= 0.6 is 0 Å². The highest BCUT2D eigenvalue weighted by Crippen LogP contribution is 1.96. The Bertz CT molecular complexity index is 231. The lowest BCUT2D eigenvalue weighted by molar-refractivity contribution is -0.116. The van der Waals surface area contributed by atoms with E-state index in [0.29, 0.717) is 11.7 Å². The minimum Gasteiger partial charge on any atom is -0.395 e. The lowest BCUT2D eigenvalue weighted by Crippen LogP contribution is -2.32. The number of nitrogens with two attached hydrogens (primary N) is 1. The highest BCUT2D eigenvalue weighted by molar-refractivity contribution is 5.92. The Labute approximate surface area is 78.9 Å². The van der Waals surface area contributed by atoms with E-state index in [1.165, 1.54) is 0 Å². The van der Waals surface area contributed by atoms with E-state index in [4.69, 9.17) is 5.73 Å². The number of rotatable bonds is 4. The van der Waals surface area contributed by atoms with Gasteiger partial charge in [0.15, 0.2) is 0 Å². The van der Waals surface area contributed by atoms with Gasteiger partial charge in [0.1, 0.15) is 5.82 Å². The second-order valence-electron chi connectivity index (χ2n) is 3.05. The van der Waals surface area contributed by atoms with E-state index in [9.17, 15) is 4.79 Å². The van der Waals surface area contributed by atoms with Crippen LogP contribution in [0.3, 0.4) is 0 Å². The Morgan fingerprint density at radius 1 is 1.54 bits per heavy atom. The monoisotopic (exact) mass is 183 g/mol. The first-order valence-electron chi connectivity index (χ1n) is 4.12. The summed E-state index contributed by atoms with van der Waals surface area (Å²) in [5.74, 6) is 0.627. The third-order valence-corrected chi connectivity index (χ3v) is 1.31. The Hall–Kier alpha value is -1.45. The highest BCUT2D eigenvalue weighted by Gasteiger charge is 2.04. The van der Waals surface area contributed by atoms with Crippen LogP contribution in [0.1, 0.15) is 13.8 Å². The average molecular weight is 183 g/mol. The van der Waals surface area contributed by atoms with Gasteiger partial charge in [0, 0.05) is 7.05 Å². The van der Waals surface area contributed by atoms with Crippen molar-refractivity contribution in [3.8, 4) is 0 Å². The van der Waals surface area contributed by atoms with Crippen molar-refractivity contribution in [3.05, 3.63) is 24.2 Å². The molecule has 0 aliphatic carbocycles. The summed E-state index contributed by atoms with van der Waals surface area (Å²) in [7, 11) is 1.73. The van der Waals surface area contributed by atoms with Gasteiger partial charge in [0.2, 0.25) is 0 Å². The van der Waals surface area contributed by atoms with Crippen molar-refractivity contribution in [2.75, 3.05) is 7.05 Å². The molecular weight excluding hydrogens is 166 g/mol. The zero-order chi connectivity index (χ0) is 10.4. The van der Waals surface area contributed by atoms with Gasteiger partial charge in [-0.1, -0.05) is 20.4 Å². The molecule has 74 valence electrons. The van der Waals surface area contributed by atoms with Gasteiger partial charge in [0.25, 0.3) is 5.91 Å². The summed E-state index contributed by atoms with van der Waals surface area (Å²) in [5, 5.41) is 5.44. The van der Waals surface area contributed by atoms with Gasteiger partial charge in [0.05, 0.1) is 5.70 Å². The molecule has 0 fully saturated rings. The molecule has 0 aromatic carbocycles. The van der Waals surface area contributed by atoms with Crippen LogP contribution in [0.5, 0.6) is 0 Å². The summed E-state index contributed by atoms with van der Waals surface area (Å²) >= 11 is 0. The zero-order valence-electron chi connectivity index (χ0n) is 8.35. The molecule has 0 aliphatic rings. The van der Waals surface area contributed by atoms with Gasteiger partial charge in [-0.15, -0.1) is 0 Å². The smallest absolute Gasteiger partial charge is 0.271 e. The number of amides is 1. The molecule has 4 N–H and O–H groups in total. The van der Waals surface area contributed by atoms with Gasteiger partial charge >= 0.3 is 0 Å². The minimum atomic E-state index is -0.374. The predicted octanol–water partition coefficient (Wildman–Crippen LogP) is 0.292. The van der Waals surface area contributed by atoms with Gasteiger partial charge < -0.3 is 16.4 Å². The Morgan fingerprint density at radius 3 is 2.38 bits per heavy atom. The summed E-state index contributed by atoms with van der Waals surface area (Å²) in [5.41, 5.74) is 5.21. The molecule has 0 atom stereocenters. The van der Waals surface area contributed by atoms with Gasteiger partial charge in [-0.25, -0.2) is 0 Å². The zero-order valence-corrected chi connectivity index (χ0v) is 8.35. The topological polar surface area (TPSA) is 67.2 Å². The maximum atomic E-state index is 11.1. The molecule has 1 amide bonds. The Morgan fingerprint density at radius 2 is 2.08 bits per heavy atom. The van der Waals surface area contributed by atoms with Gasteiger partial charge in [-0.05, 0) is 12.0 Å². The second-order valence-corrected chi connectivity index (χ2v) is 3.05. The van der Waals surface area contributed by atoms with E-state index in [1.54, 1.807) is 7.05 Å². The molecule has 0 aromatic heterocycles. The van der Waals surface area contributed by atoms with Crippen LogP contribution in [0.15, 0.2) is 24.2 Å². The maximum Gasteiger partial charge on any atom is 0.271 e. The predicted molar refractivity (Wildman–Crippen MR) is 53.5 cm³/mol. The number of hydrogen-bond acceptors (Lipinski definition) is 3. The van der Waals surface area contributed by atoms with Crippen molar-refractivity contribution in [1.29, 1.82) is 0 Å². The number of allylic oxidation sites excluding steroid dienone is 1. The van der Waals surface area contributed by atoms with E-state index < -0.39 is 0 Å². The molecule has 0 spiro atoms. The van der Waals surface area contributed by atoms with Gasteiger partial charge in [-0.2, -0.15) is 0 Å². The first-order chi connectivity index (χ1) is 5.97. The number of hydrogen-bond donors (Lipinski definition) is 3. The lowest BCUT2D eigenvalue weighted by Gasteiger charge is -2.09. The summed E-state index contributed by atoms with van der Waals surface area (Å²) in [6.07, 6.45) is 1.89. The third-order valence-electron chi connectivity index (χ3n) is 1.31. The molecule has 0 aromatic rings. The molecule has 0 aliphatic heterocycles. The Kier molecular flexibility index (Phi) is 4.66. The summed E-state index contributed by atoms with van der Waals surface area (Å²) in [6.45, 7) is 7.36. The molecule has 0 unspecified atom stereocenters. The number of carbonyl (C=O) groups is 1. The van der Waals surface area contributed by atoms with E-state index in [2.05, 4.69) is 17.2 Å². The summed E-state index contributed by atoms with van der Waals surface area (Å²) in [4.78, 5) is 11.1. The van der Waals surface area contributed by atoms with Crippen LogP contribution in [-0.2, 0) is 4.79 Å². The summed E-state index contributed by atoms with van der Waals surface area (Å²) in [6, 6.07) is 0. The molecule has 0 saturated heterocycles. The molecule has 4 nitrogen and oxygen atoms in total.